The molecule has 1 heterocycles. The van der Waals surface area contributed by atoms with E-state index in [4.69, 9.17) is 5.73 Å². The summed E-state index contributed by atoms with van der Waals surface area (Å²) in [4.78, 5) is 16.1. The number of primary amides is 1. The van der Waals surface area contributed by atoms with Gasteiger partial charge in [-0.3, -0.25) is 4.79 Å². The highest BCUT2D eigenvalue weighted by Gasteiger charge is 2.26. The van der Waals surface area contributed by atoms with E-state index in [1.807, 2.05) is 37.3 Å². The predicted molar refractivity (Wildman–Crippen MR) is 79.2 cm³/mol. The maximum atomic E-state index is 11.5. The van der Waals surface area contributed by atoms with Crippen LogP contribution in [0.25, 0.3) is 0 Å². The first-order valence-electron chi connectivity index (χ1n) is 6.78. The van der Waals surface area contributed by atoms with Gasteiger partial charge in [0, 0.05) is 17.3 Å². The Morgan fingerprint density at radius 1 is 1.25 bits per heavy atom. The van der Waals surface area contributed by atoms with Gasteiger partial charge in [-0.15, -0.1) is 0 Å². The second kappa shape index (κ2) is 4.96. The standard InChI is InChI=1S/C16H17N3O/c1-10-4-2-3-5-13(10)18-16-12(15(17)20)8-9-14(19-16)11-6-7-11/h2-5,8-9,11H,6-7H2,1H3,(H2,17,20)(H,18,19). The Labute approximate surface area is 118 Å². The number of aryl methyl sites for hydroxylation is 1. The van der Waals surface area contributed by atoms with Crippen LogP contribution in [0.3, 0.4) is 0 Å². The molecule has 0 radical (unpaired) electrons. The van der Waals surface area contributed by atoms with E-state index in [0.717, 1.165) is 16.9 Å². The van der Waals surface area contributed by atoms with Gasteiger partial charge in [-0.2, -0.15) is 0 Å². The molecule has 4 nitrogen and oxygen atoms in total. The fourth-order valence-electron chi connectivity index (χ4n) is 2.22. The first-order valence-corrected chi connectivity index (χ1v) is 6.78. The number of hydrogen-bond acceptors (Lipinski definition) is 3. The van der Waals surface area contributed by atoms with E-state index in [0.29, 0.717) is 17.3 Å². The minimum Gasteiger partial charge on any atom is -0.365 e. The molecule has 0 spiro atoms. The predicted octanol–water partition coefficient (Wildman–Crippen LogP) is 3.11. The molecule has 2 aromatic rings. The van der Waals surface area contributed by atoms with Crippen molar-refractivity contribution in [2.45, 2.75) is 25.7 Å². The van der Waals surface area contributed by atoms with E-state index in [1.54, 1.807) is 6.07 Å². The molecule has 1 aromatic carbocycles. The average Bonchev–Trinajstić information content (AvgIpc) is 3.25. The molecule has 0 aliphatic heterocycles. The van der Waals surface area contributed by atoms with Crippen molar-refractivity contribution < 1.29 is 4.79 Å². The van der Waals surface area contributed by atoms with Crippen LogP contribution in [0.4, 0.5) is 11.5 Å². The van der Waals surface area contributed by atoms with Gasteiger partial charge in [-0.25, -0.2) is 4.98 Å². The molecule has 0 saturated heterocycles. The fourth-order valence-corrected chi connectivity index (χ4v) is 2.22. The van der Waals surface area contributed by atoms with Crippen LogP contribution in [0.1, 0.15) is 40.4 Å². The lowest BCUT2D eigenvalue weighted by atomic mass is 10.1. The van der Waals surface area contributed by atoms with Crippen LogP contribution in [0, 0.1) is 6.92 Å². The summed E-state index contributed by atoms with van der Waals surface area (Å²) in [5.74, 6) is 0.626. The van der Waals surface area contributed by atoms with Gasteiger partial charge in [0.15, 0.2) is 0 Å². The zero-order valence-electron chi connectivity index (χ0n) is 11.4. The zero-order chi connectivity index (χ0) is 14.1. The molecule has 4 heteroatoms. The molecule has 0 bridgehead atoms. The lowest BCUT2D eigenvalue weighted by molar-refractivity contribution is 0.100. The Morgan fingerprint density at radius 3 is 2.65 bits per heavy atom. The van der Waals surface area contributed by atoms with Crippen LogP contribution in [-0.4, -0.2) is 10.9 Å². The average molecular weight is 267 g/mol. The molecule has 3 rings (SSSR count). The van der Waals surface area contributed by atoms with Crippen molar-refractivity contribution in [3.63, 3.8) is 0 Å². The molecule has 0 atom stereocenters. The van der Waals surface area contributed by atoms with Crippen LogP contribution in [-0.2, 0) is 0 Å². The van der Waals surface area contributed by atoms with Gasteiger partial charge >= 0.3 is 0 Å². The van der Waals surface area contributed by atoms with E-state index in [1.165, 1.54) is 12.8 Å². The number of carbonyl (C=O) groups excluding carboxylic acids is 1. The Hall–Kier alpha value is -2.36. The van der Waals surface area contributed by atoms with Gasteiger partial charge in [0.25, 0.3) is 5.91 Å². The first-order chi connectivity index (χ1) is 9.65. The number of rotatable bonds is 4. The van der Waals surface area contributed by atoms with E-state index in [-0.39, 0.29) is 0 Å². The van der Waals surface area contributed by atoms with Gasteiger partial charge in [-0.05, 0) is 43.5 Å². The number of hydrogen-bond donors (Lipinski definition) is 2. The van der Waals surface area contributed by atoms with Crippen molar-refractivity contribution in [2.24, 2.45) is 5.73 Å². The summed E-state index contributed by atoms with van der Waals surface area (Å²) in [6.07, 6.45) is 2.35. The SMILES string of the molecule is Cc1ccccc1Nc1nc(C2CC2)ccc1C(N)=O. The van der Waals surface area contributed by atoms with Crippen molar-refractivity contribution in [1.82, 2.24) is 4.98 Å². The maximum absolute atomic E-state index is 11.5. The second-order valence-electron chi connectivity index (χ2n) is 5.21. The summed E-state index contributed by atoms with van der Waals surface area (Å²) in [6.45, 7) is 2.01. The summed E-state index contributed by atoms with van der Waals surface area (Å²) in [5.41, 5.74) is 8.93. The molecule has 1 aliphatic rings. The van der Waals surface area contributed by atoms with Crippen molar-refractivity contribution in [3.05, 3.63) is 53.2 Å². The first kappa shape index (κ1) is 12.7. The third-order valence-corrected chi connectivity index (χ3v) is 3.58. The summed E-state index contributed by atoms with van der Waals surface area (Å²) in [7, 11) is 0. The highest BCUT2D eigenvalue weighted by molar-refractivity contribution is 5.98. The second-order valence-corrected chi connectivity index (χ2v) is 5.21. The molecule has 1 aromatic heterocycles. The molecule has 1 saturated carbocycles. The van der Waals surface area contributed by atoms with Crippen LogP contribution < -0.4 is 11.1 Å². The molecule has 0 unspecified atom stereocenters. The Morgan fingerprint density at radius 2 is 2.00 bits per heavy atom. The molecule has 1 aliphatic carbocycles. The summed E-state index contributed by atoms with van der Waals surface area (Å²) in [6, 6.07) is 11.6. The number of carbonyl (C=O) groups is 1. The number of nitrogens with two attached hydrogens (primary N) is 1. The van der Waals surface area contributed by atoms with E-state index < -0.39 is 5.91 Å². The Kier molecular flexibility index (Phi) is 3.14. The normalized spacial score (nSPS) is 14.1. The zero-order valence-corrected chi connectivity index (χ0v) is 11.4. The van der Waals surface area contributed by atoms with Crippen molar-refractivity contribution in [2.75, 3.05) is 5.32 Å². The minimum atomic E-state index is -0.462. The highest BCUT2D eigenvalue weighted by atomic mass is 16.1. The largest absolute Gasteiger partial charge is 0.365 e. The lowest BCUT2D eigenvalue weighted by Crippen LogP contribution is -2.15. The van der Waals surface area contributed by atoms with Crippen molar-refractivity contribution in [3.8, 4) is 0 Å². The summed E-state index contributed by atoms with van der Waals surface area (Å²) >= 11 is 0. The van der Waals surface area contributed by atoms with Gasteiger partial charge in [0.2, 0.25) is 0 Å². The quantitative estimate of drug-likeness (QED) is 0.894. The van der Waals surface area contributed by atoms with Gasteiger partial charge in [0.05, 0.1) is 5.56 Å². The Balaban J connectivity index is 1.99. The number of amides is 1. The number of pyridine rings is 1. The number of aromatic nitrogens is 1. The minimum absolute atomic E-state index is 0.428. The third-order valence-electron chi connectivity index (χ3n) is 3.58. The third kappa shape index (κ3) is 2.50. The number of nitrogens with one attached hydrogen (secondary N) is 1. The smallest absolute Gasteiger partial charge is 0.252 e. The fraction of sp³-hybridized carbons (Fsp3) is 0.250. The Bertz CT molecular complexity index is 663. The van der Waals surface area contributed by atoms with Crippen LogP contribution in [0.15, 0.2) is 36.4 Å². The lowest BCUT2D eigenvalue weighted by Gasteiger charge is -2.12. The monoisotopic (exact) mass is 267 g/mol. The summed E-state index contributed by atoms with van der Waals surface area (Å²) in [5, 5.41) is 3.23. The van der Waals surface area contributed by atoms with E-state index >= 15 is 0 Å². The molecular formula is C16H17N3O. The van der Waals surface area contributed by atoms with Gasteiger partial charge in [0.1, 0.15) is 5.82 Å². The molecule has 1 fully saturated rings. The number of anilines is 2. The molecule has 102 valence electrons. The van der Waals surface area contributed by atoms with E-state index in [9.17, 15) is 4.79 Å². The van der Waals surface area contributed by atoms with Gasteiger partial charge < -0.3 is 11.1 Å². The summed E-state index contributed by atoms with van der Waals surface area (Å²) < 4.78 is 0. The number of benzene rings is 1. The number of para-hydroxylation sites is 1. The van der Waals surface area contributed by atoms with Crippen LogP contribution >= 0.6 is 0 Å². The number of nitrogens with zero attached hydrogens (tertiary/aromatic N) is 1. The van der Waals surface area contributed by atoms with Crippen LogP contribution in [0.5, 0.6) is 0 Å². The van der Waals surface area contributed by atoms with Crippen LogP contribution in [0.2, 0.25) is 0 Å². The topological polar surface area (TPSA) is 68.0 Å². The molecule has 3 N–H and O–H groups in total. The van der Waals surface area contributed by atoms with Gasteiger partial charge in [-0.1, -0.05) is 18.2 Å². The van der Waals surface area contributed by atoms with Crippen molar-refractivity contribution >= 4 is 17.4 Å². The highest BCUT2D eigenvalue weighted by Crippen LogP contribution is 2.39. The molecule has 20 heavy (non-hydrogen) atoms. The maximum Gasteiger partial charge on any atom is 0.252 e. The molecule has 1 amide bonds. The van der Waals surface area contributed by atoms with Crippen molar-refractivity contribution in [1.29, 1.82) is 0 Å². The molecular weight excluding hydrogens is 250 g/mol. The van der Waals surface area contributed by atoms with E-state index in [2.05, 4.69) is 10.3 Å².